The van der Waals surface area contributed by atoms with Crippen LogP contribution >= 0.6 is 0 Å². The first-order valence-electron chi connectivity index (χ1n) is 6.04. The summed E-state index contributed by atoms with van der Waals surface area (Å²) >= 11 is 0. The molecule has 16 heavy (non-hydrogen) atoms. The molecular formula is C12H21N3O. The Labute approximate surface area is 96.8 Å². The van der Waals surface area contributed by atoms with E-state index in [0.717, 1.165) is 25.0 Å². The lowest BCUT2D eigenvalue weighted by molar-refractivity contribution is 0.0409. The molecule has 2 N–H and O–H groups in total. The third-order valence-electron chi connectivity index (χ3n) is 3.19. The van der Waals surface area contributed by atoms with Crippen molar-refractivity contribution in [2.45, 2.75) is 57.9 Å². The van der Waals surface area contributed by atoms with E-state index in [1.165, 1.54) is 0 Å². The lowest BCUT2D eigenvalue weighted by Crippen LogP contribution is -2.18. The van der Waals surface area contributed by atoms with Crippen molar-refractivity contribution in [1.29, 1.82) is 0 Å². The van der Waals surface area contributed by atoms with Crippen molar-refractivity contribution in [2.24, 2.45) is 5.73 Å². The molecule has 0 aromatic carbocycles. The highest BCUT2D eigenvalue weighted by atomic mass is 16.5. The Morgan fingerprint density at radius 3 is 3.00 bits per heavy atom. The zero-order valence-corrected chi connectivity index (χ0v) is 10.1. The van der Waals surface area contributed by atoms with Gasteiger partial charge in [-0.3, -0.25) is 0 Å². The molecule has 90 valence electrons. The van der Waals surface area contributed by atoms with Crippen molar-refractivity contribution >= 4 is 0 Å². The number of hydrogen-bond acceptors (Lipinski definition) is 3. The standard InChI is InChI=1S/C12H21N3O/c1-9(2)15-8-14-6-11(15)7-16-12-4-3-10(13)5-12/h6,8-10,12H,3-5,7,13H2,1-2H3. The average molecular weight is 223 g/mol. The van der Waals surface area contributed by atoms with E-state index in [0.29, 0.717) is 24.8 Å². The molecule has 1 fully saturated rings. The van der Waals surface area contributed by atoms with E-state index in [1.54, 1.807) is 0 Å². The Morgan fingerprint density at radius 1 is 1.56 bits per heavy atom. The van der Waals surface area contributed by atoms with E-state index >= 15 is 0 Å². The van der Waals surface area contributed by atoms with Crippen LogP contribution in [0.3, 0.4) is 0 Å². The number of nitrogens with two attached hydrogens (primary N) is 1. The van der Waals surface area contributed by atoms with Gasteiger partial charge in [0.2, 0.25) is 0 Å². The summed E-state index contributed by atoms with van der Waals surface area (Å²) in [5.74, 6) is 0. The minimum atomic E-state index is 0.333. The van der Waals surface area contributed by atoms with Crippen LogP contribution in [0.25, 0.3) is 0 Å². The van der Waals surface area contributed by atoms with Crippen LogP contribution in [0.1, 0.15) is 44.8 Å². The molecule has 2 atom stereocenters. The summed E-state index contributed by atoms with van der Waals surface area (Å²) in [7, 11) is 0. The van der Waals surface area contributed by atoms with Gasteiger partial charge in [0.05, 0.1) is 30.9 Å². The summed E-state index contributed by atoms with van der Waals surface area (Å²) in [6.07, 6.45) is 7.27. The highest BCUT2D eigenvalue weighted by Gasteiger charge is 2.22. The van der Waals surface area contributed by atoms with Crippen LogP contribution in [0.5, 0.6) is 0 Å². The van der Waals surface area contributed by atoms with Crippen LogP contribution in [0, 0.1) is 0 Å². The summed E-state index contributed by atoms with van der Waals surface area (Å²) in [5.41, 5.74) is 7.00. The Balaban J connectivity index is 1.87. The highest BCUT2D eigenvalue weighted by Crippen LogP contribution is 2.22. The van der Waals surface area contributed by atoms with Crippen molar-refractivity contribution in [3.8, 4) is 0 Å². The predicted molar refractivity (Wildman–Crippen MR) is 63.0 cm³/mol. The van der Waals surface area contributed by atoms with Gasteiger partial charge < -0.3 is 15.0 Å². The largest absolute Gasteiger partial charge is 0.372 e. The quantitative estimate of drug-likeness (QED) is 0.847. The minimum absolute atomic E-state index is 0.333. The Morgan fingerprint density at radius 2 is 2.38 bits per heavy atom. The van der Waals surface area contributed by atoms with Crippen molar-refractivity contribution in [1.82, 2.24) is 9.55 Å². The second-order valence-electron chi connectivity index (χ2n) is 4.89. The molecule has 2 rings (SSSR count). The number of imidazole rings is 1. The molecule has 1 saturated carbocycles. The van der Waals surface area contributed by atoms with E-state index in [4.69, 9.17) is 10.5 Å². The maximum atomic E-state index is 5.87. The van der Waals surface area contributed by atoms with Crippen molar-refractivity contribution in [3.05, 3.63) is 18.2 Å². The highest BCUT2D eigenvalue weighted by molar-refractivity contribution is 4.98. The molecule has 0 saturated heterocycles. The van der Waals surface area contributed by atoms with E-state index in [2.05, 4.69) is 23.4 Å². The fourth-order valence-electron chi connectivity index (χ4n) is 2.24. The monoisotopic (exact) mass is 223 g/mol. The van der Waals surface area contributed by atoms with Gasteiger partial charge >= 0.3 is 0 Å². The Hall–Kier alpha value is -0.870. The molecule has 2 unspecified atom stereocenters. The van der Waals surface area contributed by atoms with Gasteiger partial charge in [-0.15, -0.1) is 0 Å². The molecule has 1 aliphatic rings. The first-order chi connectivity index (χ1) is 7.66. The molecule has 1 heterocycles. The van der Waals surface area contributed by atoms with Gasteiger partial charge in [0.1, 0.15) is 0 Å². The number of rotatable bonds is 4. The first-order valence-corrected chi connectivity index (χ1v) is 6.04. The molecule has 4 nitrogen and oxygen atoms in total. The molecule has 1 aliphatic carbocycles. The van der Waals surface area contributed by atoms with Crippen molar-refractivity contribution in [2.75, 3.05) is 0 Å². The normalized spacial score (nSPS) is 25.5. The number of hydrogen-bond donors (Lipinski definition) is 1. The fraction of sp³-hybridized carbons (Fsp3) is 0.750. The van der Waals surface area contributed by atoms with Crippen LogP contribution in [-0.4, -0.2) is 21.7 Å². The van der Waals surface area contributed by atoms with Crippen LogP contribution < -0.4 is 5.73 Å². The first kappa shape index (κ1) is 11.6. The van der Waals surface area contributed by atoms with Crippen LogP contribution in [-0.2, 0) is 11.3 Å². The average Bonchev–Trinajstić information content (AvgIpc) is 2.83. The molecule has 1 aromatic heterocycles. The van der Waals surface area contributed by atoms with Crippen LogP contribution in [0.4, 0.5) is 0 Å². The molecule has 0 spiro atoms. The summed E-state index contributed by atoms with van der Waals surface area (Å²) in [5, 5.41) is 0. The van der Waals surface area contributed by atoms with Gasteiger partial charge in [-0.2, -0.15) is 0 Å². The molecule has 1 aromatic rings. The van der Waals surface area contributed by atoms with E-state index in [9.17, 15) is 0 Å². The summed E-state index contributed by atoms with van der Waals surface area (Å²) in [6.45, 7) is 4.95. The zero-order chi connectivity index (χ0) is 11.5. The maximum Gasteiger partial charge on any atom is 0.0951 e. The third kappa shape index (κ3) is 2.62. The molecule has 4 heteroatoms. The van der Waals surface area contributed by atoms with Crippen LogP contribution in [0.2, 0.25) is 0 Å². The van der Waals surface area contributed by atoms with Gasteiger partial charge in [0.25, 0.3) is 0 Å². The third-order valence-corrected chi connectivity index (χ3v) is 3.19. The van der Waals surface area contributed by atoms with Gasteiger partial charge in [0.15, 0.2) is 0 Å². The molecule has 0 bridgehead atoms. The Kier molecular flexibility index (Phi) is 3.61. The molecule has 0 amide bonds. The lowest BCUT2D eigenvalue weighted by Gasteiger charge is -2.15. The summed E-state index contributed by atoms with van der Waals surface area (Å²) < 4.78 is 8.02. The SMILES string of the molecule is CC(C)n1cncc1COC1CCC(N)C1. The predicted octanol–water partition coefficient (Wildman–Crippen LogP) is 1.86. The number of aromatic nitrogens is 2. The second-order valence-corrected chi connectivity index (χ2v) is 4.89. The fourth-order valence-corrected chi connectivity index (χ4v) is 2.24. The van der Waals surface area contributed by atoms with Gasteiger partial charge in [-0.1, -0.05) is 0 Å². The lowest BCUT2D eigenvalue weighted by atomic mass is 10.3. The molecule has 0 radical (unpaired) electrons. The van der Waals surface area contributed by atoms with E-state index in [-0.39, 0.29) is 0 Å². The van der Waals surface area contributed by atoms with E-state index in [1.807, 2.05) is 12.5 Å². The second kappa shape index (κ2) is 4.97. The number of ether oxygens (including phenoxy) is 1. The topological polar surface area (TPSA) is 53.1 Å². The maximum absolute atomic E-state index is 5.87. The van der Waals surface area contributed by atoms with Crippen LogP contribution in [0.15, 0.2) is 12.5 Å². The van der Waals surface area contributed by atoms with Crippen molar-refractivity contribution < 1.29 is 4.74 Å². The zero-order valence-electron chi connectivity index (χ0n) is 10.1. The number of nitrogens with zero attached hydrogens (tertiary/aromatic N) is 2. The van der Waals surface area contributed by atoms with Gasteiger partial charge in [0, 0.05) is 12.1 Å². The van der Waals surface area contributed by atoms with Gasteiger partial charge in [-0.05, 0) is 33.1 Å². The van der Waals surface area contributed by atoms with Crippen molar-refractivity contribution in [3.63, 3.8) is 0 Å². The summed E-state index contributed by atoms with van der Waals surface area (Å²) in [4.78, 5) is 4.16. The van der Waals surface area contributed by atoms with Gasteiger partial charge in [-0.25, -0.2) is 4.98 Å². The van der Waals surface area contributed by atoms with E-state index < -0.39 is 0 Å². The smallest absolute Gasteiger partial charge is 0.0951 e. The Bertz CT molecular complexity index is 335. The minimum Gasteiger partial charge on any atom is -0.372 e. The summed E-state index contributed by atoms with van der Waals surface area (Å²) in [6, 6.07) is 0.770. The molecule has 0 aliphatic heterocycles. The molecular weight excluding hydrogens is 202 g/mol.